The first-order valence-corrected chi connectivity index (χ1v) is 7.18. The maximum Gasteiger partial charge on any atom is 0.239 e. The molecule has 0 saturated carbocycles. The molecule has 1 aliphatic rings. The van der Waals surface area contributed by atoms with Crippen LogP contribution in [0.2, 0.25) is 0 Å². The molecule has 0 atom stereocenters. The molecule has 1 amide bonds. The summed E-state index contributed by atoms with van der Waals surface area (Å²) in [5, 5.41) is 2.85. The highest BCUT2D eigenvalue weighted by Gasteiger charge is 2.18. The Morgan fingerprint density at radius 3 is 2.95 bits per heavy atom. The van der Waals surface area contributed by atoms with Crippen LogP contribution in [-0.4, -0.2) is 36.5 Å². The Bertz CT molecular complexity index is 479. The fraction of sp³-hybridized carbons (Fsp3) is 0.600. The van der Waals surface area contributed by atoms with E-state index in [1.54, 1.807) is 7.11 Å². The van der Waals surface area contributed by atoms with Crippen LogP contribution in [0, 0.1) is 0 Å². The number of amides is 1. The van der Waals surface area contributed by atoms with E-state index in [-0.39, 0.29) is 18.2 Å². The van der Waals surface area contributed by atoms with Crippen molar-refractivity contribution in [1.82, 2.24) is 9.88 Å². The summed E-state index contributed by atoms with van der Waals surface area (Å²) < 4.78 is 6.75. The average molecular weight is 278 g/mol. The predicted molar refractivity (Wildman–Crippen MR) is 75.8 cm³/mol. The van der Waals surface area contributed by atoms with Crippen molar-refractivity contribution in [3.05, 3.63) is 23.5 Å². The zero-order valence-corrected chi connectivity index (χ0v) is 12.0. The summed E-state index contributed by atoms with van der Waals surface area (Å²) in [4.78, 5) is 23.7. The van der Waals surface area contributed by atoms with Gasteiger partial charge in [0.25, 0.3) is 0 Å². The number of aryl methyl sites for hydroxylation is 1. The van der Waals surface area contributed by atoms with Crippen LogP contribution < -0.4 is 5.32 Å². The number of Topliss-reactive ketones (excluding diaryl/α,β-unsaturated/α-hetero) is 1. The zero-order valence-electron chi connectivity index (χ0n) is 12.0. The normalized spacial score (nSPS) is 14.8. The Labute approximate surface area is 119 Å². The third-order valence-electron chi connectivity index (χ3n) is 3.54. The topological polar surface area (TPSA) is 60.3 Å². The predicted octanol–water partition coefficient (Wildman–Crippen LogP) is 1.55. The van der Waals surface area contributed by atoms with Crippen LogP contribution in [0.3, 0.4) is 0 Å². The second kappa shape index (κ2) is 7.24. The van der Waals surface area contributed by atoms with Gasteiger partial charge in [-0.1, -0.05) is 0 Å². The molecule has 0 fully saturated rings. The molecule has 0 radical (unpaired) electrons. The van der Waals surface area contributed by atoms with Crippen molar-refractivity contribution in [3.8, 4) is 0 Å². The Morgan fingerprint density at radius 2 is 2.15 bits per heavy atom. The van der Waals surface area contributed by atoms with Gasteiger partial charge in [0.2, 0.25) is 5.91 Å². The minimum Gasteiger partial charge on any atom is -0.385 e. The van der Waals surface area contributed by atoms with Gasteiger partial charge in [0, 0.05) is 44.6 Å². The molecule has 1 aromatic rings. The minimum absolute atomic E-state index is 0.0290. The van der Waals surface area contributed by atoms with Gasteiger partial charge in [-0.3, -0.25) is 9.59 Å². The summed E-state index contributed by atoms with van der Waals surface area (Å²) in [6.07, 6.45) is 8.14. The monoisotopic (exact) mass is 278 g/mol. The number of fused-ring (bicyclic) bond motifs is 1. The summed E-state index contributed by atoms with van der Waals surface area (Å²) >= 11 is 0. The third-order valence-corrected chi connectivity index (χ3v) is 3.54. The van der Waals surface area contributed by atoms with E-state index < -0.39 is 0 Å². The quantitative estimate of drug-likeness (QED) is 0.634. The molecule has 5 heteroatoms. The smallest absolute Gasteiger partial charge is 0.239 e. The van der Waals surface area contributed by atoms with Crippen LogP contribution in [0.5, 0.6) is 0 Å². The summed E-state index contributed by atoms with van der Waals surface area (Å²) in [5.41, 5.74) is 1.88. The van der Waals surface area contributed by atoms with E-state index in [0.717, 1.165) is 36.8 Å². The Morgan fingerprint density at radius 1 is 1.35 bits per heavy atom. The van der Waals surface area contributed by atoms with Gasteiger partial charge in [0.15, 0.2) is 5.78 Å². The van der Waals surface area contributed by atoms with Gasteiger partial charge in [-0.05, 0) is 31.2 Å². The van der Waals surface area contributed by atoms with Crippen LogP contribution >= 0.6 is 0 Å². The summed E-state index contributed by atoms with van der Waals surface area (Å²) in [7, 11) is 1.64. The standard InChI is InChI=1S/C15H22N2O3/c1-20-8-4-7-16-15(19)11-17-9-12-5-2-3-6-14(18)13(12)10-17/h9-10H,2-8,11H2,1H3,(H,16,19). The van der Waals surface area contributed by atoms with E-state index in [4.69, 9.17) is 4.74 Å². The fourth-order valence-electron chi connectivity index (χ4n) is 2.50. The molecule has 0 spiro atoms. The summed E-state index contributed by atoms with van der Waals surface area (Å²) in [5.74, 6) is 0.176. The summed E-state index contributed by atoms with van der Waals surface area (Å²) in [6, 6.07) is 0. The Hall–Kier alpha value is -1.62. The van der Waals surface area contributed by atoms with Gasteiger partial charge in [-0.15, -0.1) is 0 Å². The highest BCUT2D eigenvalue weighted by Crippen LogP contribution is 2.21. The number of nitrogens with one attached hydrogen (secondary N) is 1. The zero-order chi connectivity index (χ0) is 14.4. The van der Waals surface area contributed by atoms with Crippen LogP contribution in [-0.2, 0) is 22.5 Å². The molecule has 1 N–H and O–H groups in total. The van der Waals surface area contributed by atoms with E-state index in [1.807, 2.05) is 17.0 Å². The Kier molecular flexibility index (Phi) is 5.35. The van der Waals surface area contributed by atoms with Crippen molar-refractivity contribution in [2.24, 2.45) is 0 Å². The molecular weight excluding hydrogens is 256 g/mol. The SMILES string of the molecule is COCCCNC(=O)Cn1cc2c(c1)C(=O)CCCC2. The van der Waals surface area contributed by atoms with Crippen molar-refractivity contribution in [2.75, 3.05) is 20.3 Å². The molecule has 0 bridgehead atoms. The molecule has 0 saturated heterocycles. The first-order valence-electron chi connectivity index (χ1n) is 7.18. The molecule has 1 heterocycles. The third kappa shape index (κ3) is 3.93. The van der Waals surface area contributed by atoms with E-state index in [0.29, 0.717) is 19.6 Å². The molecule has 0 aliphatic heterocycles. The van der Waals surface area contributed by atoms with Crippen molar-refractivity contribution >= 4 is 11.7 Å². The number of aromatic nitrogens is 1. The number of ketones is 1. The van der Waals surface area contributed by atoms with Gasteiger partial charge < -0.3 is 14.6 Å². The van der Waals surface area contributed by atoms with Crippen molar-refractivity contribution in [3.63, 3.8) is 0 Å². The molecule has 5 nitrogen and oxygen atoms in total. The lowest BCUT2D eigenvalue weighted by molar-refractivity contribution is -0.121. The molecule has 0 aromatic carbocycles. The van der Waals surface area contributed by atoms with Crippen molar-refractivity contribution < 1.29 is 14.3 Å². The van der Waals surface area contributed by atoms with E-state index in [9.17, 15) is 9.59 Å². The van der Waals surface area contributed by atoms with Crippen molar-refractivity contribution in [2.45, 2.75) is 38.6 Å². The van der Waals surface area contributed by atoms with Crippen LogP contribution in [0.15, 0.2) is 12.4 Å². The summed E-state index contributed by atoms with van der Waals surface area (Å²) in [6.45, 7) is 1.53. The van der Waals surface area contributed by atoms with Crippen molar-refractivity contribution in [1.29, 1.82) is 0 Å². The van der Waals surface area contributed by atoms with Crippen LogP contribution in [0.25, 0.3) is 0 Å². The maximum atomic E-state index is 11.9. The van der Waals surface area contributed by atoms with Gasteiger partial charge in [-0.2, -0.15) is 0 Å². The first-order chi connectivity index (χ1) is 9.70. The van der Waals surface area contributed by atoms with Gasteiger partial charge in [0.1, 0.15) is 6.54 Å². The molecule has 1 aliphatic carbocycles. The lowest BCUT2D eigenvalue weighted by Crippen LogP contribution is -2.28. The highest BCUT2D eigenvalue weighted by atomic mass is 16.5. The maximum absolute atomic E-state index is 11.9. The number of ether oxygens (including phenoxy) is 1. The molecular formula is C15H22N2O3. The minimum atomic E-state index is -0.0290. The fourth-order valence-corrected chi connectivity index (χ4v) is 2.50. The van der Waals surface area contributed by atoms with Gasteiger partial charge in [-0.25, -0.2) is 0 Å². The first kappa shape index (κ1) is 14.8. The molecule has 0 unspecified atom stereocenters. The lowest BCUT2D eigenvalue weighted by atomic mass is 10.1. The lowest BCUT2D eigenvalue weighted by Gasteiger charge is -2.05. The average Bonchev–Trinajstić information content (AvgIpc) is 2.74. The number of carbonyl (C=O) groups is 2. The molecule has 20 heavy (non-hydrogen) atoms. The van der Waals surface area contributed by atoms with Crippen LogP contribution in [0.1, 0.15) is 41.6 Å². The van der Waals surface area contributed by atoms with E-state index >= 15 is 0 Å². The largest absolute Gasteiger partial charge is 0.385 e. The number of hydrogen-bond donors (Lipinski definition) is 1. The second-order valence-corrected chi connectivity index (χ2v) is 5.20. The van der Waals surface area contributed by atoms with E-state index in [2.05, 4.69) is 5.32 Å². The highest BCUT2D eigenvalue weighted by molar-refractivity contribution is 5.97. The molecule has 2 rings (SSSR count). The molecule has 110 valence electrons. The number of carbonyl (C=O) groups excluding carboxylic acids is 2. The number of rotatable bonds is 6. The molecule has 1 aromatic heterocycles. The van der Waals surface area contributed by atoms with Gasteiger partial charge >= 0.3 is 0 Å². The van der Waals surface area contributed by atoms with Crippen LogP contribution in [0.4, 0.5) is 0 Å². The number of nitrogens with zero attached hydrogens (tertiary/aromatic N) is 1. The Balaban J connectivity index is 1.89. The van der Waals surface area contributed by atoms with Gasteiger partial charge in [0.05, 0.1) is 0 Å². The van der Waals surface area contributed by atoms with E-state index in [1.165, 1.54) is 0 Å². The number of hydrogen-bond acceptors (Lipinski definition) is 3. The second-order valence-electron chi connectivity index (χ2n) is 5.20. The number of methoxy groups -OCH3 is 1.